The van der Waals surface area contributed by atoms with Crippen molar-refractivity contribution in [1.82, 2.24) is 9.97 Å². The molecule has 2 heterocycles. The van der Waals surface area contributed by atoms with Crippen molar-refractivity contribution in [2.75, 3.05) is 0 Å². The summed E-state index contributed by atoms with van der Waals surface area (Å²) in [5.41, 5.74) is 3.54. The highest BCUT2D eigenvalue weighted by atomic mass is 32.1. The van der Waals surface area contributed by atoms with Gasteiger partial charge in [-0.1, -0.05) is 48.5 Å². The van der Waals surface area contributed by atoms with Crippen molar-refractivity contribution < 1.29 is 5.11 Å². The molecule has 0 aliphatic carbocycles. The third kappa shape index (κ3) is 2.62. The van der Waals surface area contributed by atoms with Gasteiger partial charge in [-0.3, -0.25) is 0 Å². The van der Waals surface area contributed by atoms with Gasteiger partial charge in [0.05, 0.1) is 11.3 Å². The van der Waals surface area contributed by atoms with Crippen LogP contribution in [0.3, 0.4) is 0 Å². The Bertz CT molecular complexity index is 986. The molecule has 0 saturated carbocycles. The molecule has 0 aliphatic heterocycles. The second-order valence-corrected chi connectivity index (χ2v) is 5.91. The number of nitrogens with zero attached hydrogens (tertiary/aromatic N) is 2. The first-order chi connectivity index (χ1) is 11.3. The lowest BCUT2D eigenvalue weighted by Gasteiger charge is -1.93. The predicted molar refractivity (Wildman–Crippen MR) is 94.8 cm³/mol. The maximum atomic E-state index is 10.0. The minimum absolute atomic E-state index is 0.120. The van der Waals surface area contributed by atoms with Crippen LogP contribution in [0.5, 0.6) is 5.88 Å². The molecule has 4 aromatic rings. The monoisotopic (exact) mass is 319 g/mol. The van der Waals surface area contributed by atoms with Gasteiger partial charge < -0.3 is 10.1 Å². The average molecular weight is 319 g/mol. The van der Waals surface area contributed by atoms with Crippen LogP contribution in [-0.2, 0) is 0 Å². The topological polar surface area (TPSA) is 61.3 Å². The van der Waals surface area contributed by atoms with Crippen molar-refractivity contribution in [3.63, 3.8) is 0 Å². The number of hydrogen-bond donors (Lipinski definition) is 2. The second-order valence-electron chi connectivity index (χ2n) is 5.07. The van der Waals surface area contributed by atoms with E-state index in [1.807, 2.05) is 60.0 Å². The number of aliphatic imine (C=N–C) groups is 1. The molecular weight excluding hydrogens is 306 g/mol. The minimum atomic E-state index is 0.120. The van der Waals surface area contributed by atoms with E-state index in [1.54, 1.807) is 6.21 Å². The third-order valence-corrected chi connectivity index (χ3v) is 4.34. The van der Waals surface area contributed by atoms with E-state index in [0.717, 1.165) is 22.2 Å². The van der Waals surface area contributed by atoms with Gasteiger partial charge in [-0.2, -0.15) is 0 Å². The zero-order chi connectivity index (χ0) is 15.6. The van der Waals surface area contributed by atoms with Crippen LogP contribution in [0.4, 0.5) is 5.13 Å². The van der Waals surface area contributed by atoms with Crippen LogP contribution in [0, 0.1) is 0 Å². The molecule has 0 unspecified atom stereocenters. The first kappa shape index (κ1) is 13.7. The molecule has 4 rings (SSSR count). The lowest BCUT2D eigenvalue weighted by Crippen LogP contribution is -1.79. The standard InChI is InChI=1S/C18H13N3OS/c22-17-14(13-8-4-5-9-15(13)20-17)10-19-18-21-16(11-23-18)12-6-2-1-3-7-12/h1-11,20,22H/b19-10+. The van der Waals surface area contributed by atoms with Gasteiger partial charge in [-0.25, -0.2) is 9.98 Å². The van der Waals surface area contributed by atoms with E-state index >= 15 is 0 Å². The van der Waals surface area contributed by atoms with Gasteiger partial charge in [0.25, 0.3) is 0 Å². The Morgan fingerprint density at radius 3 is 2.70 bits per heavy atom. The molecule has 0 amide bonds. The highest BCUT2D eigenvalue weighted by Gasteiger charge is 2.08. The Balaban J connectivity index is 1.66. The first-order valence-electron chi connectivity index (χ1n) is 7.16. The first-order valence-corrected chi connectivity index (χ1v) is 8.04. The fraction of sp³-hybridized carbons (Fsp3) is 0. The van der Waals surface area contributed by atoms with E-state index in [0.29, 0.717) is 10.7 Å². The maximum Gasteiger partial charge on any atom is 0.209 e. The van der Waals surface area contributed by atoms with Gasteiger partial charge in [0.2, 0.25) is 5.13 Å². The molecule has 0 saturated heterocycles. The summed E-state index contributed by atoms with van der Waals surface area (Å²) in [4.78, 5) is 11.9. The second kappa shape index (κ2) is 5.70. The van der Waals surface area contributed by atoms with Crippen LogP contribution < -0.4 is 0 Å². The molecule has 112 valence electrons. The molecule has 0 aliphatic rings. The lowest BCUT2D eigenvalue weighted by molar-refractivity contribution is 0.457. The van der Waals surface area contributed by atoms with Crippen molar-refractivity contribution in [2.24, 2.45) is 4.99 Å². The van der Waals surface area contributed by atoms with E-state index in [9.17, 15) is 5.11 Å². The summed E-state index contributed by atoms with van der Waals surface area (Å²) >= 11 is 1.48. The molecule has 0 spiro atoms. The summed E-state index contributed by atoms with van der Waals surface area (Å²) in [5, 5.41) is 13.6. The van der Waals surface area contributed by atoms with Crippen LogP contribution in [0.25, 0.3) is 22.2 Å². The fourth-order valence-corrected chi connectivity index (χ4v) is 3.14. The highest BCUT2D eigenvalue weighted by Crippen LogP contribution is 2.28. The van der Waals surface area contributed by atoms with Crippen molar-refractivity contribution >= 4 is 33.6 Å². The fourth-order valence-electron chi connectivity index (χ4n) is 2.46. The predicted octanol–water partition coefficient (Wildman–Crippen LogP) is 4.75. The number of H-pyrrole nitrogens is 1. The van der Waals surface area contributed by atoms with Gasteiger partial charge in [0.15, 0.2) is 5.88 Å². The maximum absolute atomic E-state index is 10.0. The number of nitrogens with one attached hydrogen (secondary N) is 1. The van der Waals surface area contributed by atoms with E-state index in [1.165, 1.54) is 11.3 Å². The van der Waals surface area contributed by atoms with Crippen molar-refractivity contribution in [3.8, 4) is 17.1 Å². The molecular formula is C18H13N3OS. The number of para-hydroxylation sites is 1. The zero-order valence-corrected chi connectivity index (χ0v) is 12.9. The van der Waals surface area contributed by atoms with Crippen LogP contribution in [0.15, 0.2) is 65.0 Å². The summed E-state index contributed by atoms with van der Waals surface area (Å²) in [6.07, 6.45) is 1.65. The largest absolute Gasteiger partial charge is 0.494 e. The Morgan fingerprint density at radius 1 is 1.04 bits per heavy atom. The lowest BCUT2D eigenvalue weighted by atomic mass is 10.2. The van der Waals surface area contributed by atoms with Crippen LogP contribution >= 0.6 is 11.3 Å². The molecule has 2 N–H and O–H groups in total. The van der Waals surface area contributed by atoms with Crippen LogP contribution in [0.2, 0.25) is 0 Å². The summed E-state index contributed by atoms with van der Waals surface area (Å²) in [6.45, 7) is 0. The van der Waals surface area contributed by atoms with Crippen molar-refractivity contribution in [1.29, 1.82) is 0 Å². The van der Waals surface area contributed by atoms with Gasteiger partial charge in [0, 0.05) is 28.1 Å². The number of fused-ring (bicyclic) bond motifs is 1. The molecule has 0 bridgehead atoms. The summed E-state index contributed by atoms with van der Waals surface area (Å²) in [7, 11) is 0. The molecule has 4 nitrogen and oxygen atoms in total. The van der Waals surface area contributed by atoms with Crippen LogP contribution in [-0.4, -0.2) is 21.3 Å². The quantitative estimate of drug-likeness (QED) is 0.535. The number of rotatable bonds is 3. The molecule has 5 heteroatoms. The third-order valence-electron chi connectivity index (χ3n) is 3.59. The highest BCUT2D eigenvalue weighted by molar-refractivity contribution is 7.13. The number of aromatic hydroxyl groups is 1. The van der Waals surface area contributed by atoms with Crippen LogP contribution in [0.1, 0.15) is 5.56 Å². The van der Waals surface area contributed by atoms with E-state index < -0.39 is 0 Å². The number of thiazole rings is 1. The molecule has 2 aromatic heterocycles. The Labute approximate surface area is 136 Å². The van der Waals surface area contributed by atoms with E-state index in [2.05, 4.69) is 15.0 Å². The van der Waals surface area contributed by atoms with Crippen molar-refractivity contribution in [2.45, 2.75) is 0 Å². The van der Waals surface area contributed by atoms with E-state index in [4.69, 9.17) is 0 Å². The summed E-state index contributed by atoms with van der Waals surface area (Å²) in [5.74, 6) is 0.120. The Kier molecular flexibility index (Phi) is 3.40. The number of benzene rings is 2. The van der Waals surface area contributed by atoms with E-state index in [-0.39, 0.29) is 5.88 Å². The molecule has 2 aromatic carbocycles. The van der Waals surface area contributed by atoms with Gasteiger partial charge >= 0.3 is 0 Å². The summed E-state index contributed by atoms with van der Waals surface area (Å²) in [6, 6.07) is 17.7. The Hall–Kier alpha value is -2.92. The number of aromatic nitrogens is 2. The van der Waals surface area contributed by atoms with Gasteiger partial charge in [-0.05, 0) is 6.07 Å². The van der Waals surface area contributed by atoms with Gasteiger partial charge in [0.1, 0.15) is 0 Å². The zero-order valence-electron chi connectivity index (χ0n) is 12.1. The van der Waals surface area contributed by atoms with Crippen molar-refractivity contribution in [3.05, 3.63) is 65.5 Å². The number of hydrogen-bond acceptors (Lipinski definition) is 4. The van der Waals surface area contributed by atoms with Gasteiger partial charge in [-0.15, -0.1) is 11.3 Å². The molecule has 23 heavy (non-hydrogen) atoms. The molecule has 0 fully saturated rings. The SMILES string of the molecule is Oc1[nH]c2ccccc2c1/C=N/c1nc(-c2ccccc2)cs1. The average Bonchev–Trinajstić information content (AvgIpc) is 3.18. The number of aromatic amines is 1. The molecule has 0 radical (unpaired) electrons. The molecule has 0 atom stereocenters. The Morgan fingerprint density at radius 2 is 1.83 bits per heavy atom. The summed E-state index contributed by atoms with van der Waals surface area (Å²) < 4.78 is 0. The smallest absolute Gasteiger partial charge is 0.209 e. The minimum Gasteiger partial charge on any atom is -0.494 e. The normalized spacial score (nSPS) is 11.5.